The summed E-state index contributed by atoms with van der Waals surface area (Å²) in [5.41, 5.74) is 0. The van der Waals surface area contributed by atoms with Gasteiger partial charge in [0.2, 0.25) is 0 Å². The van der Waals surface area contributed by atoms with Gasteiger partial charge >= 0.3 is 0 Å². The van der Waals surface area contributed by atoms with Gasteiger partial charge in [-0.2, -0.15) is 0 Å². The minimum atomic E-state index is 0.297. The average molecular weight is 276 g/mol. The van der Waals surface area contributed by atoms with Gasteiger partial charge in [-0.1, -0.05) is 6.42 Å². The summed E-state index contributed by atoms with van der Waals surface area (Å²) in [4.78, 5) is 13.3. The van der Waals surface area contributed by atoms with Crippen molar-refractivity contribution >= 4 is 5.82 Å². The van der Waals surface area contributed by atoms with Crippen LogP contribution in [0.1, 0.15) is 25.7 Å². The molecule has 0 spiro atoms. The maximum absolute atomic E-state index is 6.03. The van der Waals surface area contributed by atoms with Crippen LogP contribution in [0.2, 0.25) is 0 Å². The largest absolute Gasteiger partial charge is 0.375 e. The topological polar surface area (TPSA) is 41.5 Å². The van der Waals surface area contributed by atoms with Gasteiger partial charge in [0, 0.05) is 32.4 Å². The Labute approximate surface area is 121 Å². The third-order valence-corrected chi connectivity index (χ3v) is 4.15. The Balaban J connectivity index is 1.60. The summed E-state index contributed by atoms with van der Waals surface area (Å²) in [6.07, 6.45) is 8.86. The quantitative estimate of drug-likeness (QED) is 0.838. The van der Waals surface area contributed by atoms with E-state index in [2.05, 4.69) is 19.8 Å². The minimum Gasteiger partial charge on any atom is -0.375 e. The van der Waals surface area contributed by atoms with E-state index in [0.717, 1.165) is 38.5 Å². The Hall–Kier alpha value is -1.20. The van der Waals surface area contributed by atoms with Gasteiger partial charge in [0.15, 0.2) is 0 Å². The number of likely N-dealkylation sites (tertiary alicyclic amines) is 1. The molecule has 5 nitrogen and oxygen atoms in total. The molecule has 0 unspecified atom stereocenters. The van der Waals surface area contributed by atoms with Gasteiger partial charge in [0.25, 0.3) is 0 Å². The molecule has 2 aliphatic heterocycles. The van der Waals surface area contributed by atoms with Crippen LogP contribution in [0.25, 0.3) is 0 Å². The van der Waals surface area contributed by atoms with Crippen molar-refractivity contribution < 1.29 is 4.74 Å². The molecule has 0 saturated carbocycles. The fraction of sp³-hybridized carbons (Fsp3) is 0.733. The van der Waals surface area contributed by atoms with Crippen molar-refractivity contribution in [2.24, 2.45) is 0 Å². The molecule has 0 N–H and O–H groups in total. The zero-order chi connectivity index (χ0) is 13.6. The van der Waals surface area contributed by atoms with Crippen LogP contribution in [0.3, 0.4) is 0 Å². The van der Waals surface area contributed by atoms with Gasteiger partial charge in [-0.05, 0) is 38.4 Å². The molecule has 3 heterocycles. The van der Waals surface area contributed by atoms with Crippen LogP contribution in [0.15, 0.2) is 18.6 Å². The zero-order valence-electron chi connectivity index (χ0n) is 12.1. The van der Waals surface area contributed by atoms with Gasteiger partial charge in [0.1, 0.15) is 12.1 Å². The molecule has 2 aliphatic rings. The Morgan fingerprint density at radius 3 is 2.85 bits per heavy atom. The number of hydrogen-bond acceptors (Lipinski definition) is 5. The smallest absolute Gasteiger partial charge is 0.131 e. The first-order valence-corrected chi connectivity index (χ1v) is 7.77. The minimum absolute atomic E-state index is 0.297. The number of hydrogen-bond donors (Lipinski definition) is 0. The van der Waals surface area contributed by atoms with E-state index in [9.17, 15) is 0 Å². The third kappa shape index (κ3) is 3.67. The summed E-state index contributed by atoms with van der Waals surface area (Å²) in [5, 5.41) is 0. The molecule has 1 atom stereocenters. The van der Waals surface area contributed by atoms with Crippen LogP contribution in [0, 0.1) is 0 Å². The molecule has 2 saturated heterocycles. The van der Waals surface area contributed by atoms with Gasteiger partial charge < -0.3 is 14.5 Å². The number of aromatic nitrogens is 2. The van der Waals surface area contributed by atoms with E-state index in [4.69, 9.17) is 4.74 Å². The number of nitrogens with zero attached hydrogens (tertiary/aromatic N) is 4. The molecule has 0 bridgehead atoms. The van der Waals surface area contributed by atoms with E-state index in [-0.39, 0.29) is 0 Å². The predicted octanol–water partition coefficient (Wildman–Crippen LogP) is 1.56. The molecular formula is C15H24N4O. The van der Waals surface area contributed by atoms with Crippen LogP contribution in [0.4, 0.5) is 5.82 Å². The summed E-state index contributed by atoms with van der Waals surface area (Å²) in [6.45, 7) is 6.34. The van der Waals surface area contributed by atoms with Gasteiger partial charge in [-0.25, -0.2) is 9.97 Å². The van der Waals surface area contributed by atoms with Gasteiger partial charge in [-0.3, -0.25) is 0 Å². The first kappa shape index (κ1) is 13.8. The van der Waals surface area contributed by atoms with Crippen molar-refractivity contribution in [3.63, 3.8) is 0 Å². The second-order valence-electron chi connectivity index (χ2n) is 5.72. The second kappa shape index (κ2) is 6.99. The fourth-order valence-electron chi connectivity index (χ4n) is 3.11. The predicted molar refractivity (Wildman–Crippen MR) is 78.9 cm³/mol. The third-order valence-electron chi connectivity index (χ3n) is 4.15. The van der Waals surface area contributed by atoms with Crippen molar-refractivity contribution in [3.05, 3.63) is 18.6 Å². The highest BCUT2D eigenvalue weighted by Crippen LogP contribution is 2.16. The highest BCUT2D eigenvalue weighted by Gasteiger charge is 2.22. The highest BCUT2D eigenvalue weighted by molar-refractivity contribution is 5.36. The molecule has 2 fully saturated rings. The van der Waals surface area contributed by atoms with Crippen molar-refractivity contribution in [1.29, 1.82) is 0 Å². The Kier molecular flexibility index (Phi) is 4.82. The Morgan fingerprint density at radius 2 is 2.05 bits per heavy atom. The molecule has 1 aromatic rings. The molecule has 20 heavy (non-hydrogen) atoms. The lowest BCUT2D eigenvalue weighted by Gasteiger charge is -2.31. The number of anilines is 1. The summed E-state index contributed by atoms with van der Waals surface area (Å²) in [5.74, 6) is 1.02. The summed E-state index contributed by atoms with van der Waals surface area (Å²) in [6, 6.07) is 1.99. The van der Waals surface area contributed by atoms with Crippen LogP contribution < -0.4 is 4.90 Å². The van der Waals surface area contributed by atoms with Crippen molar-refractivity contribution in [1.82, 2.24) is 14.9 Å². The summed E-state index contributed by atoms with van der Waals surface area (Å²) < 4.78 is 6.03. The molecular weight excluding hydrogens is 252 g/mol. The zero-order valence-corrected chi connectivity index (χ0v) is 12.1. The van der Waals surface area contributed by atoms with Crippen LogP contribution in [-0.2, 0) is 4.74 Å². The maximum atomic E-state index is 6.03. The lowest BCUT2D eigenvalue weighted by molar-refractivity contribution is 0.0350. The van der Waals surface area contributed by atoms with Crippen LogP contribution in [0.5, 0.6) is 0 Å². The van der Waals surface area contributed by atoms with E-state index in [1.165, 1.54) is 32.4 Å². The highest BCUT2D eigenvalue weighted by atomic mass is 16.5. The van der Waals surface area contributed by atoms with Crippen LogP contribution >= 0.6 is 0 Å². The van der Waals surface area contributed by atoms with E-state index in [1.807, 2.05) is 12.3 Å². The lowest BCUT2D eigenvalue weighted by atomic mass is 10.1. The molecule has 110 valence electrons. The van der Waals surface area contributed by atoms with E-state index < -0.39 is 0 Å². The van der Waals surface area contributed by atoms with Gasteiger partial charge in [-0.15, -0.1) is 0 Å². The summed E-state index contributed by atoms with van der Waals surface area (Å²) >= 11 is 0. The standard InChI is InChI=1S/C15H24N4O/c1-2-7-18(8-3-1)11-14-12-19(9-4-10-20-14)15-5-6-16-13-17-15/h5-6,13-14H,1-4,7-12H2/t14-/m0/s1. The molecule has 0 aromatic carbocycles. The Morgan fingerprint density at radius 1 is 1.15 bits per heavy atom. The normalized spacial score (nSPS) is 25.4. The van der Waals surface area contributed by atoms with Crippen molar-refractivity contribution in [2.75, 3.05) is 44.2 Å². The van der Waals surface area contributed by atoms with Crippen LogP contribution in [-0.4, -0.2) is 60.3 Å². The number of piperidine rings is 1. The van der Waals surface area contributed by atoms with Gasteiger partial charge in [0.05, 0.1) is 6.10 Å². The average Bonchev–Trinajstić information content (AvgIpc) is 2.75. The Bertz CT molecular complexity index is 394. The summed E-state index contributed by atoms with van der Waals surface area (Å²) in [7, 11) is 0. The van der Waals surface area contributed by atoms with E-state index >= 15 is 0 Å². The monoisotopic (exact) mass is 276 g/mol. The lowest BCUT2D eigenvalue weighted by Crippen LogP contribution is -2.42. The first-order valence-electron chi connectivity index (χ1n) is 7.77. The molecule has 3 rings (SSSR count). The van der Waals surface area contributed by atoms with Crippen molar-refractivity contribution in [3.8, 4) is 0 Å². The molecule has 0 radical (unpaired) electrons. The molecule has 5 heteroatoms. The maximum Gasteiger partial charge on any atom is 0.131 e. The number of ether oxygens (including phenoxy) is 1. The van der Waals surface area contributed by atoms with E-state index in [1.54, 1.807) is 6.33 Å². The van der Waals surface area contributed by atoms with Crippen molar-refractivity contribution in [2.45, 2.75) is 31.8 Å². The molecule has 0 amide bonds. The SMILES string of the molecule is c1cc(N2CCCO[C@@H](CN3CCCCC3)C2)ncn1. The molecule has 1 aromatic heterocycles. The first-order chi connectivity index (χ1) is 9.92. The molecule has 0 aliphatic carbocycles. The van der Waals surface area contributed by atoms with E-state index in [0.29, 0.717) is 6.10 Å². The fourth-order valence-corrected chi connectivity index (χ4v) is 3.11. The second-order valence-corrected chi connectivity index (χ2v) is 5.72. The number of rotatable bonds is 3.